The molecule has 192 valence electrons. The van der Waals surface area contributed by atoms with Crippen LogP contribution in [0.2, 0.25) is 0 Å². The predicted octanol–water partition coefficient (Wildman–Crippen LogP) is 3.62. The first kappa shape index (κ1) is 37.1. The Hall–Kier alpha value is -2.20. The fourth-order valence-electron chi connectivity index (χ4n) is 1.94. The summed E-state index contributed by atoms with van der Waals surface area (Å²) in [6, 6.07) is 0. The minimum absolute atomic E-state index is 0.139. The third kappa shape index (κ3) is 56.5. The summed E-state index contributed by atoms with van der Waals surface area (Å²) in [6.07, 6.45) is 6.22. The molecule has 0 spiro atoms. The highest BCUT2D eigenvalue weighted by molar-refractivity contribution is 5.67. The van der Waals surface area contributed by atoms with Crippen molar-refractivity contribution in [3.63, 3.8) is 0 Å². The summed E-state index contributed by atoms with van der Waals surface area (Å²) >= 11 is 0. The number of unbranched alkanes of at least 4 members (excludes halogenated alkanes) is 1. The molecule has 2 atom stereocenters. The highest BCUT2D eigenvalue weighted by atomic mass is 16.4. The van der Waals surface area contributed by atoms with Gasteiger partial charge < -0.3 is 30.6 Å². The number of aliphatic hydroxyl groups is 2. The van der Waals surface area contributed by atoms with Gasteiger partial charge in [0.1, 0.15) is 0 Å². The Kier molecular flexibility index (Phi) is 33.4. The number of carboxylic acids is 4. The molecule has 0 saturated carbocycles. The summed E-state index contributed by atoms with van der Waals surface area (Å²) in [7, 11) is 0. The minimum Gasteiger partial charge on any atom is -0.481 e. The standard InChI is InChI=1S/C11H20O4.2C4H8O2.C3H8O2/c1-9(6-4-8-11(14)15)5-2-3-7-10(12)13;2*1-2-3-4(5)6;1-3(5)2-4/h9H,2-8H2,1H3,(H,12,13)(H,14,15);2*2-3H2,1H3,(H,5,6);3-5H,2H2,1H3. The Morgan fingerprint density at radius 2 is 0.938 bits per heavy atom. The van der Waals surface area contributed by atoms with Crippen LogP contribution in [0.5, 0.6) is 0 Å². The molecular weight excluding hydrogens is 424 g/mol. The van der Waals surface area contributed by atoms with E-state index >= 15 is 0 Å². The summed E-state index contributed by atoms with van der Waals surface area (Å²) in [5.41, 5.74) is 0. The average Bonchev–Trinajstić information content (AvgIpc) is 2.66. The maximum absolute atomic E-state index is 10.3. The van der Waals surface area contributed by atoms with E-state index in [2.05, 4.69) is 6.92 Å². The summed E-state index contributed by atoms with van der Waals surface area (Å²) in [4.78, 5) is 39.7. The molecule has 0 aliphatic rings. The lowest BCUT2D eigenvalue weighted by Crippen LogP contribution is -2.03. The molecule has 0 aromatic heterocycles. The van der Waals surface area contributed by atoms with E-state index < -0.39 is 30.0 Å². The number of hydrogen-bond acceptors (Lipinski definition) is 6. The molecule has 0 saturated heterocycles. The highest BCUT2D eigenvalue weighted by Gasteiger charge is 2.05. The van der Waals surface area contributed by atoms with Crippen molar-refractivity contribution in [2.75, 3.05) is 6.61 Å². The quantitative estimate of drug-likeness (QED) is 0.205. The summed E-state index contributed by atoms with van der Waals surface area (Å²) in [6.45, 7) is 7.16. The van der Waals surface area contributed by atoms with Crippen LogP contribution in [-0.2, 0) is 19.2 Å². The predicted molar refractivity (Wildman–Crippen MR) is 121 cm³/mol. The second-order valence-electron chi connectivity index (χ2n) is 7.35. The third-order valence-corrected chi connectivity index (χ3v) is 3.62. The van der Waals surface area contributed by atoms with Crippen molar-refractivity contribution in [1.82, 2.24) is 0 Å². The van der Waals surface area contributed by atoms with Gasteiger partial charge in [-0.1, -0.05) is 40.0 Å². The highest BCUT2D eigenvalue weighted by Crippen LogP contribution is 2.15. The SMILES string of the molecule is CC(CCCCC(=O)O)CCCC(=O)O.CC(O)CO.CCCC(=O)O.CCCC(=O)O. The zero-order chi connectivity index (χ0) is 25.9. The molecule has 0 aliphatic heterocycles. The van der Waals surface area contributed by atoms with Crippen LogP contribution >= 0.6 is 0 Å². The van der Waals surface area contributed by atoms with Gasteiger partial charge in [-0.3, -0.25) is 19.2 Å². The Balaban J connectivity index is -0.000000190. The van der Waals surface area contributed by atoms with E-state index in [-0.39, 0.29) is 19.4 Å². The van der Waals surface area contributed by atoms with E-state index in [1.54, 1.807) is 0 Å². The number of aliphatic carboxylic acids is 4. The van der Waals surface area contributed by atoms with Crippen LogP contribution in [0, 0.1) is 5.92 Å². The molecule has 0 aromatic rings. The molecule has 10 heteroatoms. The van der Waals surface area contributed by atoms with E-state index in [1.165, 1.54) is 6.92 Å². The molecule has 0 rings (SSSR count). The van der Waals surface area contributed by atoms with Gasteiger partial charge >= 0.3 is 23.9 Å². The van der Waals surface area contributed by atoms with Crippen molar-refractivity contribution in [1.29, 1.82) is 0 Å². The summed E-state index contributed by atoms with van der Waals surface area (Å²) in [5, 5.41) is 48.7. The van der Waals surface area contributed by atoms with Gasteiger partial charge in [0.05, 0.1) is 12.7 Å². The first-order valence-electron chi connectivity index (χ1n) is 11.0. The van der Waals surface area contributed by atoms with E-state index in [0.29, 0.717) is 18.8 Å². The molecular formula is C22H44O10. The minimum atomic E-state index is -0.743. The lowest BCUT2D eigenvalue weighted by Gasteiger charge is -2.09. The number of rotatable bonds is 14. The van der Waals surface area contributed by atoms with E-state index in [1.807, 2.05) is 13.8 Å². The van der Waals surface area contributed by atoms with Crippen molar-refractivity contribution in [3.05, 3.63) is 0 Å². The fourth-order valence-corrected chi connectivity index (χ4v) is 1.94. The van der Waals surface area contributed by atoms with Crippen LogP contribution in [0.1, 0.15) is 98.3 Å². The number of hydrogen-bond donors (Lipinski definition) is 6. The van der Waals surface area contributed by atoms with Crippen molar-refractivity contribution < 1.29 is 49.8 Å². The smallest absolute Gasteiger partial charge is 0.303 e. The van der Waals surface area contributed by atoms with Gasteiger partial charge in [-0.25, -0.2) is 0 Å². The van der Waals surface area contributed by atoms with Crippen LogP contribution in [0.3, 0.4) is 0 Å². The third-order valence-electron chi connectivity index (χ3n) is 3.62. The normalized spacial score (nSPS) is 11.2. The van der Waals surface area contributed by atoms with Gasteiger partial charge in [0, 0.05) is 25.7 Å². The van der Waals surface area contributed by atoms with E-state index in [0.717, 1.165) is 44.9 Å². The van der Waals surface area contributed by atoms with Crippen molar-refractivity contribution in [2.45, 2.75) is 104 Å². The van der Waals surface area contributed by atoms with Crippen LogP contribution in [0.4, 0.5) is 0 Å². The number of aliphatic hydroxyl groups excluding tert-OH is 2. The van der Waals surface area contributed by atoms with Crippen LogP contribution in [-0.4, -0.2) is 67.2 Å². The van der Waals surface area contributed by atoms with Crippen molar-refractivity contribution in [3.8, 4) is 0 Å². The van der Waals surface area contributed by atoms with Gasteiger partial charge in [0.15, 0.2) is 0 Å². The molecule has 0 fully saturated rings. The van der Waals surface area contributed by atoms with E-state index in [4.69, 9.17) is 30.6 Å². The second-order valence-corrected chi connectivity index (χ2v) is 7.35. The van der Waals surface area contributed by atoms with Gasteiger partial charge in [0.2, 0.25) is 0 Å². The summed E-state index contributed by atoms with van der Waals surface area (Å²) in [5.74, 6) is -2.41. The molecule has 0 amide bonds. The Morgan fingerprint density at radius 3 is 1.19 bits per heavy atom. The monoisotopic (exact) mass is 468 g/mol. The topological polar surface area (TPSA) is 190 Å². The van der Waals surface area contributed by atoms with Crippen molar-refractivity contribution >= 4 is 23.9 Å². The van der Waals surface area contributed by atoms with Crippen LogP contribution in [0.15, 0.2) is 0 Å². The largest absolute Gasteiger partial charge is 0.481 e. The van der Waals surface area contributed by atoms with E-state index in [9.17, 15) is 19.2 Å². The van der Waals surface area contributed by atoms with Gasteiger partial charge in [-0.15, -0.1) is 0 Å². The van der Waals surface area contributed by atoms with Crippen LogP contribution in [0.25, 0.3) is 0 Å². The molecule has 10 nitrogen and oxygen atoms in total. The molecule has 0 aromatic carbocycles. The molecule has 0 heterocycles. The Labute approximate surface area is 191 Å². The number of carboxylic acid groups (broad SMARTS) is 4. The zero-order valence-corrected chi connectivity index (χ0v) is 20.0. The first-order chi connectivity index (χ1) is 14.8. The Bertz CT molecular complexity index is 448. The van der Waals surface area contributed by atoms with Gasteiger partial charge in [-0.2, -0.15) is 0 Å². The zero-order valence-electron chi connectivity index (χ0n) is 20.0. The molecule has 0 bridgehead atoms. The molecule has 2 unspecified atom stereocenters. The molecule has 0 radical (unpaired) electrons. The lowest BCUT2D eigenvalue weighted by molar-refractivity contribution is -0.138. The van der Waals surface area contributed by atoms with Crippen molar-refractivity contribution in [2.24, 2.45) is 5.92 Å². The average molecular weight is 469 g/mol. The molecule has 0 aliphatic carbocycles. The van der Waals surface area contributed by atoms with Crippen LogP contribution < -0.4 is 0 Å². The van der Waals surface area contributed by atoms with Gasteiger partial charge in [0.25, 0.3) is 0 Å². The Morgan fingerprint density at radius 1 is 0.625 bits per heavy atom. The molecule has 32 heavy (non-hydrogen) atoms. The fraction of sp³-hybridized carbons (Fsp3) is 0.818. The maximum Gasteiger partial charge on any atom is 0.303 e. The summed E-state index contributed by atoms with van der Waals surface area (Å²) < 4.78 is 0. The molecule has 6 N–H and O–H groups in total. The first-order valence-corrected chi connectivity index (χ1v) is 11.0. The number of carbonyl (C=O) groups is 4. The lowest BCUT2D eigenvalue weighted by atomic mass is 9.97. The van der Waals surface area contributed by atoms with Gasteiger partial charge in [-0.05, 0) is 38.5 Å². The maximum atomic E-state index is 10.3. The second kappa shape index (κ2) is 28.8.